The van der Waals surface area contributed by atoms with Crippen molar-refractivity contribution in [2.45, 2.75) is 45.4 Å². The first-order valence-corrected chi connectivity index (χ1v) is 6.06. The molecule has 0 atom stereocenters. The molecule has 0 aliphatic heterocycles. The predicted octanol–water partition coefficient (Wildman–Crippen LogP) is 3.35. The van der Waals surface area contributed by atoms with Crippen molar-refractivity contribution in [3.8, 4) is 0 Å². The number of H-pyrrole nitrogens is 1. The second-order valence-corrected chi connectivity index (χ2v) is 5.77. The molecule has 0 unspecified atom stereocenters. The number of rotatable bonds is 0. The van der Waals surface area contributed by atoms with Crippen LogP contribution in [0.3, 0.4) is 0 Å². The van der Waals surface area contributed by atoms with Crippen molar-refractivity contribution >= 4 is 11.0 Å². The summed E-state index contributed by atoms with van der Waals surface area (Å²) in [7, 11) is 0. The fourth-order valence-electron chi connectivity index (χ4n) is 2.79. The summed E-state index contributed by atoms with van der Waals surface area (Å²) < 4.78 is 0. The molecule has 1 N–H and O–H groups in total. The van der Waals surface area contributed by atoms with E-state index in [0.29, 0.717) is 0 Å². The number of hydrogen-bond acceptors (Lipinski definition) is 1. The van der Waals surface area contributed by atoms with Crippen molar-refractivity contribution in [3.63, 3.8) is 0 Å². The Hall–Kier alpha value is -1.31. The van der Waals surface area contributed by atoms with Gasteiger partial charge in [0.2, 0.25) is 0 Å². The molecule has 0 spiro atoms. The summed E-state index contributed by atoms with van der Waals surface area (Å²) in [6, 6.07) is 2.18. The number of nitrogens with one attached hydrogen (secondary N) is 1. The number of aromatic nitrogens is 2. The van der Waals surface area contributed by atoms with Crippen molar-refractivity contribution < 1.29 is 0 Å². The first-order chi connectivity index (χ1) is 7.57. The van der Waals surface area contributed by atoms with Crippen LogP contribution in [0.4, 0.5) is 0 Å². The van der Waals surface area contributed by atoms with Crippen LogP contribution in [0.2, 0.25) is 0 Å². The molecule has 0 saturated heterocycles. The standard InChI is InChI=1S/C14H18N2/c1-14(2,3)10-7-8-15-13-12(10)9-5-4-6-11(9)16-13/h7-8H,4-6H2,1-3H3,(H,15,16). The zero-order chi connectivity index (χ0) is 11.3. The topological polar surface area (TPSA) is 28.7 Å². The van der Waals surface area contributed by atoms with Gasteiger partial charge in [-0.15, -0.1) is 0 Å². The van der Waals surface area contributed by atoms with Crippen LogP contribution in [0, 0.1) is 0 Å². The van der Waals surface area contributed by atoms with E-state index < -0.39 is 0 Å². The van der Waals surface area contributed by atoms with Gasteiger partial charge in [-0.25, -0.2) is 4.98 Å². The second kappa shape index (κ2) is 3.09. The second-order valence-electron chi connectivity index (χ2n) is 5.77. The van der Waals surface area contributed by atoms with E-state index in [1.54, 1.807) is 0 Å². The smallest absolute Gasteiger partial charge is 0.138 e. The Morgan fingerprint density at radius 1 is 1.25 bits per heavy atom. The van der Waals surface area contributed by atoms with Gasteiger partial charge < -0.3 is 4.98 Å². The summed E-state index contributed by atoms with van der Waals surface area (Å²) in [6.45, 7) is 6.82. The predicted molar refractivity (Wildman–Crippen MR) is 66.8 cm³/mol. The number of nitrogens with zero attached hydrogens (tertiary/aromatic N) is 1. The van der Waals surface area contributed by atoms with Gasteiger partial charge in [0.25, 0.3) is 0 Å². The minimum Gasteiger partial charge on any atom is -0.343 e. The molecule has 1 aliphatic rings. The Bertz CT molecular complexity index is 544. The molecule has 0 saturated carbocycles. The zero-order valence-electron chi connectivity index (χ0n) is 10.2. The van der Waals surface area contributed by atoms with Gasteiger partial charge in [0.1, 0.15) is 5.65 Å². The third-order valence-electron chi connectivity index (χ3n) is 3.55. The zero-order valence-corrected chi connectivity index (χ0v) is 10.2. The van der Waals surface area contributed by atoms with Gasteiger partial charge in [-0.2, -0.15) is 0 Å². The Balaban J connectivity index is 2.37. The molecule has 1 aliphatic carbocycles. The highest BCUT2D eigenvalue weighted by Gasteiger charge is 2.24. The van der Waals surface area contributed by atoms with Crippen LogP contribution in [-0.2, 0) is 18.3 Å². The number of pyridine rings is 1. The third kappa shape index (κ3) is 1.29. The molecule has 0 radical (unpaired) electrons. The largest absolute Gasteiger partial charge is 0.343 e. The van der Waals surface area contributed by atoms with Gasteiger partial charge in [-0.3, -0.25) is 0 Å². The molecule has 2 aromatic heterocycles. The van der Waals surface area contributed by atoms with E-state index in [0.717, 1.165) is 5.65 Å². The maximum atomic E-state index is 4.46. The molecule has 2 heteroatoms. The normalized spacial score (nSPS) is 15.7. The first kappa shape index (κ1) is 9.88. The minimum atomic E-state index is 0.194. The molecule has 2 heterocycles. The molecule has 0 bridgehead atoms. The summed E-state index contributed by atoms with van der Waals surface area (Å²) in [5, 5.41) is 1.39. The van der Waals surface area contributed by atoms with E-state index in [4.69, 9.17) is 0 Å². The van der Waals surface area contributed by atoms with Gasteiger partial charge in [-0.05, 0) is 41.9 Å². The molecule has 16 heavy (non-hydrogen) atoms. The number of aromatic amines is 1. The average Bonchev–Trinajstić information content (AvgIpc) is 2.73. The van der Waals surface area contributed by atoms with Crippen molar-refractivity contribution in [2.24, 2.45) is 0 Å². The van der Waals surface area contributed by atoms with Gasteiger partial charge >= 0.3 is 0 Å². The molecule has 2 aromatic rings. The van der Waals surface area contributed by atoms with Crippen molar-refractivity contribution in [1.82, 2.24) is 9.97 Å². The molecule has 0 fully saturated rings. The van der Waals surface area contributed by atoms with Crippen LogP contribution >= 0.6 is 0 Å². The van der Waals surface area contributed by atoms with Gasteiger partial charge in [0, 0.05) is 17.3 Å². The van der Waals surface area contributed by atoms with E-state index in [2.05, 4.69) is 36.8 Å². The molecule has 84 valence electrons. The quantitative estimate of drug-likeness (QED) is 0.715. The lowest BCUT2D eigenvalue weighted by Crippen LogP contribution is -2.12. The van der Waals surface area contributed by atoms with E-state index in [-0.39, 0.29) is 5.41 Å². The monoisotopic (exact) mass is 214 g/mol. The summed E-state index contributed by atoms with van der Waals surface area (Å²) in [5.74, 6) is 0. The van der Waals surface area contributed by atoms with E-state index in [9.17, 15) is 0 Å². The Kier molecular flexibility index (Phi) is 1.91. The van der Waals surface area contributed by atoms with Crippen LogP contribution in [0.25, 0.3) is 11.0 Å². The lowest BCUT2D eigenvalue weighted by Gasteiger charge is -2.20. The molecule has 0 amide bonds. The van der Waals surface area contributed by atoms with Crippen LogP contribution in [-0.4, -0.2) is 9.97 Å². The Morgan fingerprint density at radius 3 is 2.81 bits per heavy atom. The molecular weight excluding hydrogens is 196 g/mol. The fraction of sp³-hybridized carbons (Fsp3) is 0.500. The van der Waals surface area contributed by atoms with Crippen LogP contribution in [0.1, 0.15) is 44.0 Å². The van der Waals surface area contributed by atoms with Gasteiger partial charge in [0.05, 0.1) is 0 Å². The van der Waals surface area contributed by atoms with E-state index in [1.165, 1.54) is 41.5 Å². The fourth-order valence-corrected chi connectivity index (χ4v) is 2.79. The van der Waals surface area contributed by atoms with Crippen LogP contribution in [0.5, 0.6) is 0 Å². The van der Waals surface area contributed by atoms with Crippen LogP contribution < -0.4 is 0 Å². The minimum absolute atomic E-state index is 0.194. The molecule has 2 nitrogen and oxygen atoms in total. The highest BCUT2D eigenvalue weighted by atomic mass is 14.9. The van der Waals surface area contributed by atoms with Gasteiger partial charge in [-0.1, -0.05) is 20.8 Å². The maximum absolute atomic E-state index is 4.46. The maximum Gasteiger partial charge on any atom is 0.138 e. The highest BCUT2D eigenvalue weighted by Crippen LogP contribution is 2.36. The highest BCUT2D eigenvalue weighted by molar-refractivity contribution is 5.86. The summed E-state index contributed by atoms with van der Waals surface area (Å²) >= 11 is 0. The Morgan fingerprint density at radius 2 is 2.06 bits per heavy atom. The first-order valence-electron chi connectivity index (χ1n) is 6.06. The lowest BCUT2D eigenvalue weighted by molar-refractivity contribution is 0.595. The van der Waals surface area contributed by atoms with E-state index in [1.807, 2.05) is 6.20 Å². The van der Waals surface area contributed by atoms with Crippen LogP contribution in [0.15, 0.2) is 12.3 Å². The Labute approximate surface area is 96.1 Å². The lowest BCUT2D eigenvalue weighted by atomic mass is 9.84. The third-order valence-corrected chi connectivity index (χ3v) is 3.55. The number of aryl methyl sites for hydroxylation is 2. The summed E-state index contributed by atoms with van der Waals surface area (Å²) in [4.78, 5) is 7.94. The molecule has 3 rings (SSSR count). The summed E-state index contributed by atoms with van der Waals surface area (Å²) in [6.07, 6.45) is 5.61. The molecule has 0 aromatic carbocycles. The van der Waals surface area contributed by atoms with Crippen molar-refractivity contribution in [3.05, 3.63) is 29.1 Å². The van der Waals surface area contributed by atoms with E-state index >= 15 is 0 Å². The van der Waals surface area contributed by atoms with Crippen molar-refractivity contribution in [1.29, 1.82) is 0 Å². The molecular formula is C14H18N2. The SMILES string of the molecule is CC(C)(C)c1ccnc2[nH]c3c(c12)CCC3. The summed E-state index contributed by atoms with van der Waals surface area (Å²) in [5.41, 5.74) is 5.64. The van der Waals surface area contributed by atoms with Crippen molar-refractivity contribution in [2.75, 3.05) is 0 Å². The number of fused-ring (bicyclic) bond motifs is 3. The van der Waals surface area contributed by atoms with Gasteiger partial charge in [0.15, 0.2) is 0 Å². The number of hydrogen-bond donors (Lipinski definition) is 1. The average molecular weight is 214 g/mol.